The van der Waals surface area contributed by atoms with Gasteiger partial charge in [-0.3, -0.25) is 9.48 Å². The first-order chi connectivity index (χ1) is 19.5. The summed E-state index contributed by atoms with van der Waals surface area (Å²) in [4.78, 5) is 16.6. The maximum absolute atomic E-state index is 14.3. The highest BCUT2D eigenvalue weighted by Crippen LogP contribution is 2.43. The number of nitrogens with one attached hydrogen (secondary N) is 2. The van der Waals surface area contributed by atoms with E-state index in [1.54, 1.807) is 12.3 Å². The molecule has 3 aromatic rings. The molecule has 40 heavy (non-hydrogen) atoms. The molecular weight excluding hydrogens is 600 g/mol. The van der Waals surface area contributed by atoms with Crippen molar-refractivity contribution in [1.29, 1.82) is 0 Å². The Kier molecular flexibility index (Phi) is 8.53. The summed E-state index contributed by atoms with van der Waals surface area (Å²) >= 11 is 4.89. The third-order valence-electron chi connectivity index (χ3n) is 8.32. The topological polar surface area (TPSA) is 71.4 Å². The number of benzene rings is 1. The fourth-order valence-corrected chi connectivity index (χ4v) is 7.69. The van der Waals surface area contributed by atoms with Crippen LogP contribution in [0.5, 0.6) is 5.06 Å². The Morgan fingerprint density at radius 3 is 2.85 bits per heavy atom. The van der Waals surface area contributed by atoms with E-state index in [2.05, 4.69) is 36.6 Å². The zero-order valence-electron chi connectivity index (χ0n) is 22.3. The molecule has 5 heterocycles. The second-order valence-electron chi connectivity index (χ2n) is 11.0. The van der Waals surface area contributed by atoms with Crippen LogP contribution in [0.25, 0.3) is 11.3 Å². The molecule has 2 aromatic heterocycles. The standard InChI is InChI=1S/C29H34BrF2N5O2S/c30-22-16-34-37-11-12-39-29-21(27(22)37)15-26(40-29)28(38)35-25-17-33-19(5-4-10-36-8-2-1-3-9-36)14-20(25)18-6-7-23(31)24(32)13-18/h6-7,13,15-16,19-20,25,33H,1-5,8-12,14,17H2,(H,35,38)/t19-,20+,25-/m1/s1. The van der Waals surface area contributed by atoms with Crippen molar-refractivity contribution in [2.24, 2.45) is 0 Å². The van der Waals surface area contributed by atoms with Gasteiger partial charge in [0.25, 0.3) is 5.91 Å². The minimum absolute atomic E-state index is 0.134. The van der Waals surface area contributed by atoms with Gasteiger partial charge < -0.3 is 20.3 Å². The number of thiophene rings is 1. The summed E-state index contributed by atoms with van der Waals surface area (Å²) in [6, 6.07) is 5.96. The lowest BCUT2D eigenvalue weighted by Gasteiger charge is -2.38. The number of amides is 1. The molecule has 1 aromatic carbocycles. The number of ether oxygens (including phenoxy) is 1. The number of halogens is 3. The lowest BCUT2D eigenvalue weighted by Crippen LogP contribution is -2.53. The fraction of sp³-hybridized carbons (Fsp3) is 0.517. The first-order valence-electron chi connectivity index (χ1n) is 14.2. The number of carbonyl (C=O) groups excluding carboxylic acids is 1. The largest absolute Gasteiger partial charge is 0.481 e. The molecule has 1 amide bonds. The molecule has 0 unspecified atom stereocenters. The Balaban J connectivity index is 1.17. The van der Waals surface area contributed by atoms with Crippen molar-refractivity contribution in [1.82, 2.24) is 25.3 Å². The number of hydrogen-bond donors (Lipinski definition) is 2. The van der Waals surface area contributed by atoms with Crippen molar-refractivity contribution in [2.45, 2.75) is 63.1 Å². The Labute approximate surface area is 245 Å². The maximum Gasteiger partial charge on any atom is 0.261 e. The average Bonchev–Trinajstić information content (AvgIpc) is 3.49. The molecule has 0 saturated carbocycles. The van der Waals surface area contributed by atoms with Crippen LogP contribution in [-0.4, -0.2) is 65.5 Å². The van der Waals surface area contributed by atoms with Crippen LogP contribution in [0.3, 0.4) is 0 Å². The third kappa shape index (κ3) is 5.98. The second kappa shape index (κ2) is 12.3. The molecule has 214 valence electrons. The summed E-state index contributed by atoms with van der Waals surface area (Å²) in [6.07, 6.45) is 8.48. The Morgan fingerprint density at radius 2 is 2.02 bits per heavy atom. The highest BCUT2D eigenvalue weighted by molar-refractivity contribution is 9.10. The number of aromatic nitrogens is 2. The molecule has 11 heteroatoms. The van der Waals surface area contributed by atoms with E-state index in [0.29, 0.717) is 35.2 Å². The predicted octanol–water partition coefficient (Wildman–Crippen LogP) is 5.55. The Bertz CT molecular complexity index is 1360. The van der Waals surface area contributed by atoms with Crippen molar-refractivity contribution in [3.05, 3.63) is 57.0 Å². The molecule has 3 atom stereocenters. The molecule has 0 aliphatic carbocycles. The molecule has 2 N–H and O–H groups in total. The van der Waals surface area contributed by atoms with Crippen LogP contribution in [-0.2, 0) is 6.54 Å². The van der Waals surface area contributed by atoms with E-state index in [4.69, 9.17) is 4.74 Å². The van der Waals surface area contributed by atoms with E-state index in [1.807, 2.05) is 10.7 Å². The van der Waals surface area contributed by atoms with Crippen molar-refractivity contribution in [2.75, 3.05) is 32.8 Å². The Hall–Kier alpha value is -2.34. The number of piperidine rings is 2. The Morgan fingerprint density at radius 1 is 1.18 bits per heavy atom. The van der Waals surface area contributed by atoms with Gasteiger partial charge in [0.1, 0.15) is 6.61 Å². The van der Waals surface area contributed by atoms with E-state index >= 15 is 0 Å². The van der Waals surface area contributed by atoms with Crippen LogP contribution in [0.1, 0.15) is 59.7 Å². The van der Waals surface area contributed by atoms with Gasteiger partial charge in [0.2, 0.25) is 0 Å². The van der Waals surface area contributed by atoms with Gasteiger partial charge in [-0.2, -0.15) is 5.10 Å². The summed E-state index contributed by atoms with van der Waals surface area (Å²) in [5.74, 6) is -2.05. The number of hydrogen-bond acceptors (Lipinski definition) is 6. The lowest BCUT2D eigenvalue weighted by molar-refractivity contribution is 0.0922. The van der Waals surface area contributed by atoms with E-state index in [9.17, 15) is 13.6 Å². The first kappa shape index (κ1) is 27.8. The molecule has 3 aliphatic rings. The number of likely N-dealkylation sites (tertiary alicyclic amines) is 1. The van der Waals surface area contributed by atoms with Gasteiger partial charge >= 0.3 is 0 Å². The van der Waals surface area contributed by atoms with Crippen molar-refractivity contribution in [3.8, 4) is 16.3 Å². The van der Waals surface area contributed by atoms with Gasteiger partial charge in [-0.05, 0) is 91.4 Å². The van der Waals surface area contributed by atoms with Crippen molar-refractivity contribution in [3.63, 3.8) is 0 Å². The summed E-state index contributed by atoms with van der Waals surface area (Å²) in [5, 5.41) is 11.9. The number of nitrogens with zero attached hydrogens (tertiary/aromatic N) is 3. The van der Waals surface area contributed by atoms with E-state index in [1.165, 1.54) is 55.8 Å². The van der Waals surface area contributed by atoms with Crippen molar-refractivity contribution < 1.29 is 18.3 Å². The van der Waals surface area contributed by atoms with Crippen molar-refractivity contribution >= 4 is 33.2 Å². The summed E-state index contributed by atoms with van der Waals surface area (Å²) in [6.45, 7) is 5.12. The van der Waals surface area contributed by atoms with Crippen LogP contribution in [0.15, 0.2) is 34.9 Å². The quantitative estimate of drug-likeness (QED) is 0.357. The van der Waals surface area contributed by atoms with Gasteiger partial charge in [0.15, 0.2) is 16.7 Å². The maximum atomic E-state index is 14.3. The number of carbonyl (C=O) groups is 1. The van der Waals surface area contributed by atoms with Crippen LogP contribution in [0, 0.1) is 11.6 Å². The molecule has 0 spiro atoms. The second-order valence-corrected chi connectivity index (χ2v) is 12.8. The van der Waals surface area contributed by atoms with Gasteiger partial charge in [0, 0.05) is 24.5 Å². The number of rotatable bonds is 7. The summed E-state index contributed by atoms with van der Waals surface area (Å²) < 4.78 is 36.7. The monoisotopic (exact) mass is 633 g/mol. The highest BCUT2D eigenvalue weighted by Gasteiger charge is 2.34. The average molecular weight is 635 g/mol. The molecule has 2 fully saturated rings. The molecule has 2 saturated heterocycles. The summed E-state index contributed by atoms with van der Waals surface area (Å²) in [7, 11) is 0. The van der Waals surface area contributed by atoms with E-state index < -0.39 is 11.6 Å². The predicted molar refractivity (Wildman–Crippen MR) is 155 cm³/mol. The van der Waals surface area contributed by atoms with E-state index in [0.717, 1.165) is 41.5 Å². The van der Waals surface area contributed by atoms with Gasteiger partial charge in [-0.1, -0.05) is 23.8 Å². The minimum Gasteiger partial charge on any atom is -0.481 e. The zero-order valence-corrected chi connectivity index (χ0v) is 24.7. The third-order valence-corrected chi connectivity index (χ3v) is 9.95. The van der Waals surface area contributed by atoms with Gasteiger partial charge in [-0.15, -0.1) is 0 Å². The molecule has 6 rings (SSSR count). The van der Waals surface area contributed by atoms with Crippen LogP contribution in [0.4, 0.5) is 8.78 Å². The lowest BCUT2D eigenvalue weighted by atomic mass is 9.81. The SMILES string of the molecule is O=C(N[C@@H]1CN[C@H](CCCN2CCCCC2)C[C@H]1c1ccc(F)c(F)c1)c1cc2c(s1)OCCn1ncc(Br)c1-2. The highest BCUT2D eigenvalue weighted by atomic mass is 79.9. The van der Waals surface area contributed by atoms with Gasteiger partial charge in [-0.25, -0.2) is 8.78 Å². The molecular formula is C29H34BrF2N5O2S. The van der Waals surface area contributed by atoms with E-state index in [-0.39, 0.29) is 23.9 Å². The molecule has 0 radical (unpaired) electrons. The smallest absolute Gasteiger partial charge is 0.261 e. The van der Waals surface area contributed by atoms with Crippen LogP contribution >= 0.6 is 27.3 Å². The molecule has 0 bridgehead atoms. The summed E-state index contributed by atoms with van der Waals surface area (Å²) in [5.41, 5.74) is 2.45. The minimum atomic E-state index is -0.859. The van der Waals surface area contributed by atoms with Crippen LogP contribution < -0.4 is 15.4 Å². The fourth-order valence-electron chi connectivity index (χ4n) is 6.24. The molecule has 7 nitrogen and oxygen atoms in total. The van der Waals surface area contributed by atoms with Gasteiger partial charge in [0.05, 0.1) is 33.3 Å². The first-order valence-corrected chi connectivity index (χ1v) is 15.8. The van der Waals surface area contributed by atoms with Crippen LogP contribution in [0.2, 0.25) is 0 Å². The number of fused-ring (bicyclic) bond motifs is 3. The zero-order chi connectivity index (χ0) is 27.6. The molecule has 3 aliphatic heterocycles. The normalized spacial score (nSPS) is 23.1.